The van der Waals surface area contributed by atoms with E-state index in [0.717, 1.165) is 46.0 Å². The normalized spacial score (nSPS) is 11.1. The van der Waals surface area contributed by atoms with E-state index < -0.39 is 0 Å². The summed E-state index contributed by atoms with van der Waals surface area (Å²) in [5.41, 5.74) is 2.11. The van der Waals surface area contributed by atoms with Crippen LogP contribution < -0.4 is 5.32 Å². The topological polar surface area (TPSA) is 50.7 Å². The van der Waals surface area contributed by atoms with Crippen molar-refractivity contribution in [1.29, 1.82) is 0 Å². The maximum absolute atomic E-state index is 4.33. The summed E-state index contributed by atoms with van der Waals surface area (Å²) in [4.78, 5) is 4.33. The summed E-state index contributed by atoms with van der Waals surface area (Å²) < 4.78 is 0. The highest BCUT2D eigenvalue weighted by Crippen LogP contribution is 2.26. The molecule has 0 atom stereocenters. The van der Waals surface area contributed by atoms with Gasteiger partial charge in [0.2, 0.25) is 0 Å². The van der Waals surface area contributed by atoms with E-state index in [9.17, 15) is 0 Å². The fraction of sp³-hybridized carbons (Fsp3) is 0.267. The lowest BCUT2D eigenvalue weighted by Gasteiger charge is -1.99. The largest absolute Gasteiger partial charge is 0.310 e. The standard InChI is InChI=1S/C15H16N4S/c1-2-7-16-10-14-18-19-15(20-14)12-5-6-13-11(9-12)4-3-8-17-13/h3-6,8-9,16H,2,7,10H2,1H3. The van der Waals surface area contributed by atoms with Gasteiger partial charge in [-0.25, -0.2) is 0 Å². The van der Waals surface area contributed by atoms with Crippen LogP contribution in [-0.2, 0) is 6.54 Å². The second-order valence-corrected chi connectivity index (χ2v) is 5.65. The van der Waals surface area contributed by atoms with Crippen molar-refractivity contribution in [2.75, 3.05) is 6.54 Å². The Labute approximate surface area is 121 Å². The molecule has 0 fully saturated rings. The number of hydrogen-bond acceptors (Lipinski definition) is 5. The molecular formula is C15H16N4S. The smallest absolute Gasteiger partial charge is 0.147 e. The minimum absolute atomic E-state index is 0.792. The molecule has 0 aliphatic heterocycles. The molecule has 3 aromatic rings. The third-order valence-electron chi connectivity index (χ3n) is 3.02. The van der Waals surface area contributed by atoms with E-state index in [4.69, 9.17) is 0 Å². The number of rotatable bonds is 5. The first-order chi connectivity index (χ1) is 9.86. The van der Waals surface area contributed by atoms with Gasteiger partial charge in [0.25, 0.3) is 0 Å². The minimum Gasteiger partial charge on any atom is -0.310 e. The van der Waals surface area contributed by atoms with Gasteiger partial charge in [-0.3, -0.25) is 4.98 Å². The molecule has 20 heavy (non-hydrogen) atoms. The lowest BCUT2D eigenvalue weighted by Crippen LogP contribution is -2.13. The molecule has 0 bridgehead atoms. The Morgan fingerprint density at radius 2 is 2.15 bits per heavy atom. The van der Waals surface area contributed by atoms with Gasteiger partial charge >= 0.3 is 0 Å². The maximum atomic E-state index is 4.33. The highest BCUT2D eigenvalue weighted by molar-refractivity contribution is 7.14. The average Bonchev–Trinajstić information content (AvgIpc) is 2.96. The molecule has 5 heteroatoms. The van der Waals surface area contributed by atoms with E-state index >= 15 is 0 Å². The molecule has 0 spiro atoms. The zero-order valence-corrected chi connectivity index (χ0v) is 12.2. The second-order valence-electron chi connectivity index (χ2n) is 4.59. The molecular weight excluding hydrogens is 268 g/mol. The second kappa shape index (κ2) is 6.07. The summed E-state index contributed by atoms with van der Waals surface area (Å²) >= 11 is 1.64. The molecule has 0 radical (unpaired) electrons. The molecule has 2 heterocycles. The van der Waals surface area contributed by atoms with Gasteiger partial charge < -0.3 is 5.32 Å². The third kappa shape index (κ3) is 2.84. The van der Waals surface area contributed by atoms with E-state index in [-0.39, 0.29) is 0 Å². The third-order valence-corrected chi connectivity index (χ3v) is 3.99. The lowest BCUT2D eigenvalue weighted by atomic mass is 10.1. The number of aromatic nitrogens is 3. The first-order valence-corrected chi connectivity index (χ1v) is 7.56. The fourth-order valence-electron chi connectivity index (χ4n) is 2.02. The zero-order valence-electron chi connectivity index (χ0n) is 11.3. The highest BCUT2D eigenvalue weighted by atomic mass is 32.1. The van der Waals surface area contributed by atoms with E-state index in [1.165, 1.54) is 0 Å². The van der Waals surface area contributed by atoms with Crippen LogP contribution in [0.4, 0.5) is 0 Å². The van der Waals surface area contributed by atoms with Gasteiger partial charge in [0.1, 0.15) is 10.0 Å². The summed E-state index contributed by atoms with van der Waals surface area (Å²) in [5.74, 6) is 0. The predicted molar refractivity (Wildman–Crippen MR) is 82.6 cm³/mol. The Morgan fingerprint density at radius 3 is 3.05 bits per heavy atom. The number of hydrogen-bond donors (Lipinski definition) is 1. The van der Waals surface area contributed by atoms with Gasteiger partial charge in [-0.2, -0.15) is 0 Å². The SMILES string of the molecule is CCCNCc1nnc(-c2ccc3ncccc3c2)s1. The van der Waals surface area contributed by atoms with Crippen LogP contribution in [0.25, 0.3) is 21.5 Å². The first kappa shape index (κ1) is 13.1. The summed E-state index contributed by atoms with van der Waals surface area (Å²) in [6.07, 6.45) is 2.94. The van der Waals surface area contributed by atoms with E-state index in [0.29, 0.717) is 0 Å². The molecule has 1 N–H and O–H groups in total. The predicted octanol–water partition coefficient (Wildman–Crippen LogP) is 3.25. The van der Waals surface area contributed by atoms with Crippen LogP contribution >= 0.6 is 11.3 Å². The molecule has 0 amide bonds. The van der Waals surface area contributed by atoms with Crippen LogP contribution in [0.5, 0.6) is 0 Å². The quantitative estimate of drug-likeness (QED) is 0.731. The van der Waals surface area contributed by atoms with Gasteiger partial charge in [0.15, 0.2) is 0 Å². The van der Waals surface area contributed by atoms with Crippen molar-refractivity contribution >= 4 is 22.2 Å². The molecule has 2 aromatic heterocycles. The van der Waals surface area contributed by atoms with E-state index in [1.54, 1.807) is 11.3 Å². The van der Waals surface area contributed by atoms with Crippen LogP contribution in [-0.4, -0.2) is 21.7 Å². The van der Waals surface area contributed by atoms with Gasteiger partial charge in [-0.05, 0) is 37.2 Å². The summed E-state index contributed by atoms with van der Waals surface area (Å²) in [5, 5.41) is 15.0. The van der Waals surface area contributed by atoms with Crippen molar-refractivity contribution in [1.82, 2.24) is 20.5 Å². The fourth-order valence-corrected chi connectivity index (χ4v) is 2.83. The molecule has 0 aliphatic carbocycles. The Bertz CT molecular complexity index is 708. The Morgan fingerprint density at radius 1 is 1.20 bits per heavy atom. The molecule has 4 nitrogen and oxygen atoms in total. The minimum atomic E-state index is 0.792. The average molecular weight is 284 g/mol. The zero-order chi connectivity index (χ0) is 13.8. The van der Waals surface area contributed by atoms with Crippen molar-refractivity contribution in [2.24, 2.45) is 0 Å². The highest BCUT2D eigenvalue weighted by Gasteiger charge is 2.07. The Balaban J connectivity index is 1.83. The number of nitrogens with zero attached hydrogens (tertiary/aromatic N) is 3. The van der Waals surface area contributed by atoms with Crippen molar-refractivity contribution in [3.63, 3.8) is 0 Å². The van der Waals surface area contributed by atoms with Crippen LogP contribution in [0.3, 0.4) is 0 Å². The van der Waals surface area contributed by atoms with E-state index in [2.05, 4.69) is 45.6 Å². The summed E-state index contributed by atoms with van der Waals surface area (Å²) in [7, 11) is 0. The van der Waals surface area contributed by atoms with Gasteiger partial charge in [-0.1, -0.05) is 24.3 Å². The number of benzene rings is 1. The molecule has 0 saturated carbocycles. The molecule has 1 aromatic carbocycles. The summed E-state index contributed by atoms with van der Waals surface area (Å²) in [6, 6.07) is 10.2. The van der Waals surface area contributed by atoms with E-state index in [1.807, 2.05) is 18.3 Å². The molecule has 3 rings (SSSR count). The number of fused-ring (bicyclic) bond motifs is 1. The van der Waals surface area contributed by atoms with Crippen molar-refractivity contribution in [3.8, 4) is 10.6 Å². The lowest BCUT2D eigenvalue weighted by molar-refractivity contribution is 0.668. The molecule has 0 unspecified atom stereocenters. The molecule has 102 valence electrons. The maximum Gasteiger partial charge on any atom is 0.147 e. The Kier molecular flexibility index (Phi) is 3.99. The first-order valence-electron chi connectivity index (χ1n) is 6.75. The molecule has 0 aliphatic rings. The van der Waals surface area contributed by atoms with Gasteiger partial charge in [-0.15, -0.1) is 10.2 Å². The van der Waals surface area contributed by atoms with Crippen LogP contribution in [0.1, 0.15) is 18.4 Å². The monoisotopic (exact) mass is 284 g/mol. The summed E-state index contributed by atoms with van der Waals surface area (Å²) in [6.45, 7) is 3.96. The molecule has 0 saturated heterocycles. The van der Waals surface area contributed by atoms with Gasteiger partial charge in [0.05, 0.1) is 5.52 Å². The van der Waals surface area contributed by atoms with Crippen LogP contribution in [0.2, 0.25) is 0 Å². The number of nitrogens with one attached hydrogen (secondary N) is 1. The van der Waals surface area contributed by atoms with Crippen LogP contribution in [0.15, 0.2) is 36.5 Å². The van der Waals surface area contributed by atoms with Crippen LogP contribution in [0, 0.1) is 0 Å². The van der Waals surface area contributed by atoms with Crippen molar-refractivity contribution in [3.05, 3.63) is 41.5 Å². The number of pyridine rings is 1. The van der Waals surface area contributed by atoms with Crippen molar-refractivity contribution < 1.29 is 0 Å². The van der Waals surface area contributed by atoms with Gasteiger partial charge in [0, 0.05) is 23.7 Å². The Hall–Kier alpha value is -1.85. The van der Waals surface area contributed by atoms with Crippen molar-refractivity contribution in [2.45, 2.75) is 19.9 Å².